The highest BCUT2D eigenvalue weighted by Crippen LogP contribution is 2.32. The summed E-state index contributed by atoms with van der Waals surface area (Å²) in [6.45, 7) is 2.48. The summed E-state index contributed by atoms with van der Waals surface area (Å²) in [7, 11) is 3.15. The minimum absolute atomic E-state index is 0.00727. The molecule has 0 saturated carbocycles. The lowest BCUT2D eigenvalue weighted by Gasteiger charge is -2.13. The standard InChI is InChI=1S/C31H28FN3O5/c1-20-30(31(37)35(34(20)15-16-38-2)22-7-5-4-6-8-22)27(36)18-21-9-12-29(25(32)17-21)40-28-13-14-33-26-19-23(39-3)10-11-24(26)28/h4-14,17,19H,15-16,18H2,1-3H3. The van der Waals surface area contributed by atoms with E-state index in [1.54, 1.807) is 74.5 Å². The monoisotopic (exact) mass is 541 g/mol. The van der Waals surface area contributed by atoms with Crippen LogP contribution < -0.4 is 15.0 Å². The van der Waals surface area contributed by atoms with E-state index in [0.29, 0.717) is 52.5 Å². The molecule has 0 radical (unpaired) electrons. The van der Waals surface area contributed by atoms with Crippen LogP contribution in [0.15, 0.2) is 83.8 Å². The fourth-order valence-electron chi connectivity index (χ4n) is 4.69. The maximum atomic E-state index is 15.1. The van der Waals surface area contributed by atoms with Crippen LogP contribution in [0, 0.1) is 12.7 Å². The van der Waals surface area contributed by atoms with Gasteiger partial charge in [0.05, 0.1) is 31.5 Å². The Morgan fingerprint density at radius 3 is 2.50 bits per heavy atom. The lowest BCUT2D eigenvalue weighted by Crippen LogP contribution is -2.25. The van der Waals surface area contributed by atoms with Crippen LogP contribution in [-0.2, 0) is 17.7 Å². The molecule has 2 heterocycles. The Labute approximate surface area is 230 Å². The van der Waals surface area contributed by atoms with E-state index >= 15 is 4.39 Å². The van der Waals surface area contributed by atoms with Crippen molar-refractivity contribution >= 4 is 16.7 Å². The van der Waals surface area contributed by atoms with Gasteiger partial charge >= 0.3 is 0 Å². The van der Waals surface area contributed by atoms with E-state index in [1.165, 1.54) is 16.8 Å². The van der Waals surface area contributed by atoms with Crippen molar-refractivity contribution in [2.45, 2.75) is 19.9 Å². The van der Waals surface area contributed by atoms with Gasteiger partial charge in [0.1, 0.15) is 17.1 Å². The highest BCUT2D eigenvalue weighted by atomic mass is 19.1. The molecule has 9 heteroatoms. The quantitative estimate of drug-likeness (QED) is 0.217. The number of methoxy groups -OCH3 is 2. The minimum Gasteiger partial charge on any atom is -0.497 e. The summed E-state index contributed by atoms with van der Waals surface area (Å²) in [6, 6.07) is 20.5. The average molecular weight is 542 g/mol. The highest BCUT2D eigenvalue weighted by Gasteiger charge is 2.24. The van der Waals surface area contributed by atoms with Gasteiger partial charge in [-0.2, -0.15) is 0 Å². The van der Waals surface area contributed by atoms with E-state index in [4.69, 9.17) is 14.2 Å². The molecule has 0 spiro atoms. The molecule has 3 aromatic carbocycles. The lowest BCUT2D eigenvalue weighted by molar-refractivity contribution is 0.0991. The van der Waals surface area contributed by atoms with Crippen LogP contribution in [0.2, 0.25) is 0 Å². The van der Waals surface area contributed by atoms with Gasteiger partial charge in [0.2, 0.25) is 0 Å². The summed E-state index contributed by atoms with van der Waals surface area (Å²) in [5.74, 6) is 0.0696. The van der Waals surface area contributed by atoms with Gasteiger partial charge in [-0.15, -0.1) is 0 Å². The SMILES string of the molecule is COCCn1c(C)c(C(=O)Cc2ccc(Oc3ccnc4cc(OC)ccc34)c(F)c2)c(=O)n1-c1ccccc1. The number of aromatic nitrogens is 3. The predicted octanol–water partition coefficient (Wildman–Crippen LogP) is 5.51. The van der Waals surface area contributed by atoms with Crippen LogP contribution in [0.3, 0.4) is 0 Å². The predicted molar refractivity (Wildman–Crippen MR) is 149 cm³/mol. The Morgan fingerprint density at radius 1 is 0.975 bits per heavy atom. The second-order valence-electron chi connectivity index (χ2n) is 9.19. The van der Waals surface area contributed by atoms with Gasteiger partial charge in [0.25, 0.3) is 5.56 Å². The number of pyridine rings is 1. The number of ketones is 1. The van der Waals surface area contributed by atoms with Crippen molar-refractivity contribution in [2.24, 2.45) is 0 Å². The fourth-order valence-corrected chi connectivity index (χ4v) is 4.69. The largest absolute Gasteiger partial charge is 0.497 e. The first-order valence-electron chi connectivity index (χ1n) is 12.7. The number of para-hydroxylation sites is 1. The molecule has 0 saturated heterocycles. The number of rotatable bonds is 10. The molecule has 0 fully saturated rings. The average Bonchev–Trinajstić information content (AvgIpc) is 3.22. The van der Waals surface area contributed by atoms with Crippen molar-refractivity contribution in [3.63, 3.8) is 0 Å². The van der Waals surface area contributed by atoms with Gasteiger partial charge < -0.3 is 14.2 Å². The first-order valence-corrected chi connectivity index (χ1v) is 12.7. The number of hydrogen-bond donors (Lipinski definition) is 0. The molecule has 0 aliphatic carbocycles. The molecule has 204 valence electrons. The lowest BCUT2D eigenvalue weighted by atomic mass is 10.0. The summed E-state index contributed by atoms with van der Waals surface area (Å²) in [5.41, 5.74) is 1.88. The number of carbonyl (C=O) groups is 1. The zero-order valence-corrected chi connectivity index (χ0v) is 22.4. The van der Waals surface area contributed by atoms with E-state index in [1.807, 2.05) is 18.2 Å². The van der Waals surface area contributed by atoms with E-state index in [-0.39, 0.29) is 17.7 Å². The van der Waals surface area contributed by atoms with Gasteiger partial charge in [0.15, 0.2) is 17.3 Å². The summed E-state index contributed by atoms with van der Waals surface area (Å²) in [6.07, 6.45) is 1.43. The van der Waals surface area contributed by atoms with Crippen molar-refractivity contribution in [3.8, 4) is 22.9 Å². The Kier molecular flexibility index (Phi) is 7.75. The van der Waals surface area contributed by atoms with Gasteiger partial charge in [0, 0.05) is 36.9 Å². The molecule has 0 N–H and O–H groups in total. The fraction of sp³-hybridized carbons (Fsp3) is 0.194. The van der Waals surface area contributed by atoms with Crippen LogP contribution in [0.1, 0.15) is 21.6 Å². The number of carbonyl (C=O) groups excluding carboxylic acids is 1. The number of ether oxygens (including phenoxy) is 3. The van der Waals surface area contributed by atoms with Gasteiger partial charge in [-0.3, -0.25) is 19.3 Å². The first-order chi connectivity index (χ1) is 19.4. The number of halogens is 1. The molecular weight excluding hydrogens is 513 g/mol. The van der Waals surface area contributed by atoms with Crippen molar-refractivity contribution in [1.82, 2.24) is 14.3 Å². The molecule has 0 atom stereocenters. The van der Waals surface area contributed by atoms with Crippen LogP contribution >= 0.6 is 0 Å². The molecule has 0 unspecified atom stereocenters. The van der Waals surface area contributed by atoms with Crippen LogP contribution in [0.25, 0.3) is 16.6 Å². The number of benzene rings is 3. The molecule has 5 aromatic rings. The molecule has 8 nitrogen and oxygen atoms in total. The topological polar surface area (TPSA) is 84.6 Å². The van der Waals surface area contributed by atoms with Crippen LogP contribution in [0.5, 0.6) is 17.2 Å². The summed E-state index contributed by atoms with van der Waals surface area (Å²) < 4.78 is 34.7. The van der Waals surface area contributed by atoms with Gasteiger partial charge in [-0.05, 0) is 55.0 Å². The van der Waals surface area contributed by atoms with Gasteiger partial charge in [-0.25, -0.2) is 9.07 Å². The zero-order chi connectivity index (χ0) is 28.2. The highest BCUT2D eigenvalue weighted by molar-refractivity contribution is 5.98. The molecule has 0 bridgehead atoms. The third-order valence-electron chi connectivity index (χ3n) is 6.67. The van der Waals surface area contributed by atoms with E-state index < -0.39 is 17.2 Å². The molecular formula is C31H28FN3O5. The number of nitrogens with zero attached hydrogens (tertiary/aromatic N) is 3. The summed E-state index contributed by atoms with van der Waals surface area (Å²) in [5, 5.41) is 0.699. The molecule has 40 heavy (non-hydrogen) atoms. The molecule has 5 rings (SSSR count). The van der Waals surface area contributed by atoms with Crippen molar-refractivity contribution in [1.29, 1.82) is 0 Å². The van der Waals surface area contributed by atoms with Crippen LogP contribution in [-0.4, -0.2) is 41.0 Å². The Morgan fingerprint density at radius 2 is 1.77 bits per heavy atom. The van der Waals surface area contributed by atoms with Crippen molar-refractivity contribution in [2.75, 3.05) is 20.8 Å². The third-order valence-corrected chi connectivity index (χ3v) is 6.67. The zero-order valence-electron chi connectivity index (χ0n) is 22.4. The van der Waals surface area contributed by atoms with Crippen LogP contribution in [0.4, 0.5) is 4.39 Å². The first kappa shape index (κ1) is 26.8. The molecule has 0 aliphatic heterocycles. The summed E-state index contributed by atoms with van der Waals surface area (Å²) >= 11 is 0. The second-order valence-corrected chi connectivity index (χ2v) is 9.19. The van der Waals surface area contributed by atoms with Crippen molar-refractivity contribution < 1.29 is 23.4 Å². The number of fused-ring (bicyclic) bond motifs is 1. The second kappa shape index (κ2) is 11.5. The molecule has 2 aromatic heterocycles. The minimum atomic E-state index is -0.625. The number of Topliss-reactive ketones (excluding diaryl/α,β-unsaturated/α-hetero) is 1. The summed E-state index contributed by atoms with van der Waals surface area (Å²) in [4.78, 5) is 31.2. The maximum Gasteiger partial charge on any atom is 0.282 e. The normalized spacial score (nSPS) is 11.1. The maximum absolute atomic E-state index is 15.1. The van der Waals surface area contributed by atoms with Crippen molar-refractivity contribution in [3.05, 3.63) is 112 Å². The molecule has 0 amide bonds. The van der Waals surface area contributed by atoms with Gasteiger partial charge in [-0.1, -0.05) is 24.3 Å². The van der Waals surface area contributed by atoms with E-state index in [9.17, 15) is 9.59 Å². The Balaban J connectivity index is 1.41. The molecule has 0 aliphatic rings. The Hall–Kier alpha value is -4.76. The van der Waals surface area contributed by atoms with E-state index in [2.05, 4.69) is 4.98 Å². The smallest absolute Gasteiger partial charge is 0.282 e. The number of hydrogen-bond acceptors (Lipinski definition) is 6. The van der Waals surface area contributed by atoms with E-state index in [0.717, 1.165) is 0 Å². The third kappa shape index (κ3) is 5.23. The Bertz CT molecular complexity index is 1740.